The van der Waals surface area contributed by atoms with Crippen LogP contribution < -0.4 is 5.32 Å². The summed E-state index contributed by atoms with van der Waals surface area (Å²) >= 11 is 0. The largest absolute Gasteiger partial charge is 0.481 e. The van der Waals surface area contributed by atoms with Crippen LogP contribution in [0.25, 0.3) is 0 Å². The number of hydrogen-bond donors (Lipinski definition) is 2. The molecule has 120 valence electrons. The number of hydrogen-bond acceptors (Lipinski definition) is 2. The molecule has 0 radical (unpaired) electrons. The van der Waals surface area contributed by atoms with Crippen molar-refractivity contribution in [3.63, 3.8) is 0 Å². The maximum atomic E-state index is 12.1. The van der Waals surface area contributed by atoms with Crippen LogP contribution in [0.15, 0.2) is 24.3 Å². The van der Waals surface area contributed by atoms with Crippen LogP contribution in [0.5, 0.6) is 0 Å². The van der Waals surface area contributed by atoms with E-state index in [1.165, 1.54) is 18.4 Å². The lowest BCUT2D eigenvalue weighted by Gasteiger charge is -2.17. The van der Waals surface area contributed by atoms with Gasteiger partial charge in [-0.2, -0.15) is 0 Å². The Balaban J connectivity index is 1.85. The first-order valence-corrected chi connectivity index (χ1v) is 8.20. The van der Waals surface area contributed by atoms with Crippen LogP contribution in [0, 0.1) is 5.92 Å². The fourth-order valence-corrected chi connectivity index (χ4v) is 3.08. The molecule has 0 spiro atoms. The molecule has 1 aromatic carbocycles. The summed E-state index contributed by atoms with van der Waals surface area (Å²) in [5.74, 6) is -1.32. The van der Waals surface area contributed by atoms with Crippen LogP contribution in [0.4, 0.5) is 0 Å². The average Bonchev–Trinajstić information content (AvgIpc) is 2.94. The quantitative estimate of drug-likeness (QED) is 0.814. The van der Waals surface area contributed by atoms with Gasteiger partial charge in [0, 0.05) is 6.04 Å². The number of carboxylic acid groups (broad SMARTS) is 1. The number of benzene rings is 1. The molecule has 0 heterocycles. The lowest BCUT2D eigenvalue weighted by atomic mass is 10.0. The van der Waals surface area contributed by atoms with E-state index in [0.717, 1.165) is 24.8 Å². The van der Waals surface area contributed by atoms with Crippen LogP contribution >= 0.6 is 0 Å². The zero-order valence-electron chi connectivity index (χ0n) is 13.2. The Bertz CT molecular complexity index is 510. The van der Waals surface area contributed by atoms with Gasteiger partial charge in [0.1, 0.15) is 0 Å². The molecular weight excluding hydrogens is 278 g/mol. The predicted octanol–water partition coefficient (Wildman–Crippen LogP) is 2.94. The van der Waals surface area contributed by atoms with Crippen molar-refractivity contribution in [2.24, 2.45) is 5.92 Å². The van der Waals surface area contributed by atoms with Crippen molar-refractivity contribution >= 4 is 11.9 Å². The molecule has 4 heteroatoms. The minimum atomic E-state index is -0.803. The van der Waals surface area contributed by atoms with Gasteiger partial charge in [0.05, 0.1) is 12.3 Å². The molecule has 0 aliphatic heterocycles. The second-order valence-corrected chi connectivity index (χ2v) is 6.15. The van der Waals surface area contributed by atoms with E-state index in [9.17, 15) is 9.59 Å². The molecule has 1 aliphatic rings. The first kappa shape index (κ1) is 16.5. The Kier molecular flexibility index (Phi) is 5.99. The molecular formula is C18H25NO3. The fourth-order valence-electron chi connectivity index (χ4n) is 3.08. The molecule has 4 nitrogen and oxygen atoms in total. The number of nitrogens with one attached hydrogen (secondary N) is 1. The Morgan fingerprint density at radius 1 is 1.18 bits per heavy atom. The van der Waals surface area contributed by atoms with Gasteiger partial charge in [-0.3, -0.25) is 9.59 Å². The molecule has 0 saturated heterocycles. The Morgan fingerprint density at radius 3 is 2.50 bits per heavy atom. The van der Waals surface area contributed by atoms with E-state index >= 15 is 0 Å². The topological polar surface area (TPSA) is 66.4 Å². The number of carboxylic acids is 1. The standard InChI is InChI=1S/C18H25NO3/c1-2-3-5-13-8-10-14(11-9-13)12-17(20)19-16-7-4-6-15(16)18(21)22/h8-11,15-16H,2-7,12H2,1H3,(H,19,20)(H,21,22)/t15-,16+/m0/s1. The Labute approximate surface area is 131 Å². The van der Waals surface area contributed by atoms with Gasteiger partial charge in [-0.25, -0.2) is 0 Å². The fraction of sp³-hybridized carbons (Fsp3) is 0.556. The third-order valence-electron chi connectivity index (χ3n) is 4.39. The van der Waals surface area contributed by atoms with Crippen molar-refractivity contribution in [2.45, 2.75) is 57.9 Å². The van der Waals surface area contributed by atoms with E-state index < -0.39 is 11.9 Å². The van der Waals surface area contributed by atoms with Gasteiger partial charge < -0.3 is 10.4 Å². The Morgan fingerprint density at radius 2 is 1.86 bits per heavy atom. The number of aryl methyl sites for hydroxylation is 1. The summed E-state index contributed by atoms with van der Waals surface area (Å²) in [6, 6.07) is 7.93. The lowest BCUT2D eigenvalue weighted by Crippen LogP contribution is -2.40. The third-order valence-corrected chi connectivity index (χ3v) is 4.39. The third kappa shape index (κ3) is 4.58. The summed E-state index contributed by atoms with van der Waals surface area (Å²) in [7, 11) is 0. The number of carbonyl (C=O) groups excluding carboxylic acids is 1. The second kappa shape index (κ2) is 7.97. The van der Waals surface area contributed by atoms with Gasteiger partial charge in [0.15, 0.2) is 0 Å². The molecule has 1 aliphatic carbocycles. The van der Waals surface area contributed by atoms with E-state index in [1.807, 2.05) is 12.1 Å². The summed E-state index contributed by atoms with van der Waals surface area (Å²) in [5.41, 5.74) is 2.27. The Hall–Kier alpha value is -1.84. The van der Waals surface area contributed by atoms with Crippen molar-refractivity contribution in [3.05, 3.63) is 35.4 Å². The molecule has 0 bridgehead atoms. The molecule has 1 saturated carbocycles. The average molecular weight is 303 g/mol. The number of rotatable bonds is 7. The van der Waals surface area contributed by atoms with Crippen LogP contribution in [0.1, 0.15) is 50.2 Å². The van der Waals surface area contributed by atoms with Crippen LogP contribution in [0.3, 0.4) is 0 Å². The monoisotopic (exact) mass is 303 g/mol. The predicted molar refractivity (Wildman–Crippen MR) is 85.7 cm³/mol. The number of unbranched alkanes of at least 4 members (excludes halogenated alkanes) is 1. The van der Waals surface area contributed by atoms with Crippen molar-refractivity contribution < 1.29 is 14.7 Å². The summed E-state index contributed by atoms with van der Waals surface area (Å²) in [6.45, 7) is 2.17. The molecule has 2 rings (SSSR count). The van der Waals surface area contributed by atoms with Gasteiger partial charge in [-0.1, -0.05) is 44.0 Å². The van der Waals surface area contributed by atoms with E-state index in [0.29, 0.717) is 12.8 Å². The molecule has 0 aromatic heterocycles. The summed E-state index contributed by atoms with van der Waals surface area (Å²) in [5, 5.41) is 12.0. The van der Waals surface area contributed by atoms with E-state index in [1.54, 1.807) is 0 Å². The molecule has 1 amide bonds. The maximum absolute atomic E-state index is 12.1. The maximum Gasteiger partial charge on any atom is 0.308 e. The summed E-state index contributed by atoms with van der Waals surface area (Å²) < 4.78 is 0. The first-order valence-electron chi connectivity index (χ1n) is 8.20. The van der Waals surface area contributed by atoms with Crippen molar-refractivity contribution in [1.82, 2.24) is 5.32 Å². The van der Waals surface area contributed by atoms with Gasteiger partial charge >= 0.3 is 5.97 Å². The van der Waals surface area contributed by atoms with Crippen molar-refractivity contribution in [2.75, 3.05) is 0 Å². The molecule has 1 aromatic rings. The first-order chi connectivity index (χ1) is 10.6. The zero-order chi connectivity index (χ0) is 15.9. The number of aliphatic carboxylic acids is 1. The van der Waals surface area contributed by atoms with Crippen molar-refractivity contribution in [1.29, 1.82) is 0 Å². The minimum Gasteiger partial charge on any atom is -0.481 e. The smallest absolute Gasteiger partial charge is 0.308 e. The molecule has 22 heavy (non-hydrogen) atoms. The number of amides is 1. The highest BCUT2D eigenvalue weighted by molar-refractivity contribution is 5.80. The van der Waals surface area contributed by atoms with Crippen LogP contribution in [-0.2, 0) is 22.4 Å². The van der Waals surface area contributed by atoms with Crippen LogP contribution in [-0.4, -0.2) is 23.0 Å². The molecule has 2 N–H and O–H groups in total. The van der Waals surface area contributed by atoms with E-state index in [2.05, 4.69) is 24.4 Å². The highest BCUT2D eigenvalue weighted by atomic mass is 16.4. The van der Waals surface area contributed by atoms with Gasteiger partial charge in [0.2, 0.25) is 5.91 Å². The lowest BCUT2D eigenvalue weighted by molar-refractivity contribution is -0.142. The molecule has 1 fully saturated rings. The van der Waals surface area contributed by atoms with E-state index in [-0.39, 0.29) is 11.9 Å². The molecule has 0 unspecified atom stereocenters. The number of carbonyl (C=O) groups is 2. The normalized spacial score (nSPS) is 20.8. The summed E-state index contributed by atoms with van der Waals surface area (Å²) in [4.78, 5) is 23.2. The zero-order valence-corrected chi connectivity index (χ0v) is 13.2. The summed E-state index contributed by atoms with van der Waals surface area (Å²) in [6.07, 6.45) is 6.04. The van der Waals surface area contributed by atoms with Crippen LogP contribution in [0.2, 0.25) is 0 Å². The minimum absolute atomic E-state index is 0.0838. The second-order valence-electron chi connectivity index (χ2n) is 6.15. The van der Waals surface area contributed by atoms with E-state index in [4.69, 9.17) is 5.11 Å². The van der Waals surface area contributed by atoms with Gasteiger partial charge in [-0.15, -0.1) is 0 Å². The highest BCUT2D eigenvalue weighted by Gasteiger charge is 2.33. The molecule has 2 atom stereocenters. The van der Waals surface area contributed by atoms with Gasteiger partial charge in [-0.05, 0) is 36.8 Å². The SMILES string of the molecule is CCCCc1ccc(CC(=O)N[C@@H]2CCC[C@@H]2C(=O)O)cc1. The van der Waals surface area contributed by atoms with Crippen molar-refractivity contribution in [3.8, 4) is 0 Å². The van der Waals surface area contributed by atoms with Gasteiger partial charge in [0.25, 0.3) is 0 Å². The highest BCUT2D eigenvalue weighted by Crippen LogP contribution is 2.25.